The summed E-state index contributed by atoms with van der Waals surface area (Å²) in [7, 11) is 1.61. The van der Waals surface area contributed by atoms with E-state index >= 15 is 0 Å². The molecule has 3 rings (SSSR count). The summed E-state index contributed by atoms with van der Waals surface area (Å²) >= 11 is 0. The van der Waals surface area contributed by atoms with E-state index in [0.29, 0.717) is 5.56 Å². The average Bonchev–Trinajstić information content (AvgIpc) is 2.72. The minimum Gasteiger partial charge on any atom is -0.370 e. The first-order valence-corrected chi connectivity index (χ1v) is 9.11. The van der Waals surface area contributed by atoms with E-state index in [1.165, 1.54) is 6.42 Å². The molecule has 1 fully saturated rings. The van der Waals surface area contributed by atoms with Gasteiger partial charge in [-0.15, -0.1) is 0 Å². The zero-order valence-electron chi connectivity index (χ0n) is 15.1. The summed E-state index contributed by atoms with van der Waals surface area (Å²) in [6.45, 7) is 1.62. The van der Waals surface area contributed by atoms with Gasteiger partial charge in [-0.25, -0.2) is 0 Å². The Balaban J connectivity index is 1.86. The largest absolute Gasteiger partial charge is 0.370 e. The van der Waals surface area contributed by atoms with E-state index in [2.05, 4.69) is 10.6 Å². The predicted octanol–water partition coefficient (Wildman–Crippen LogP) is 3.21. The molecule has 5 nitrogen and oxygen atoms in total. The van der Waals surface area contributed by atoms with Crippen LogP contribution in [0.1, 0.15) is 41.2 Å². The number of amides is 2. The summed E-state index contributed by atoms with van der Waals surface area (Å²) in [6.07, 6.45) is 3.29. The first-order valence-electron chi connectivity index (χ1n) is 9.11. The monoisotopic (exact) mass is 351 g/mol. The Morgan fingerprint density at radius 3 is 2.38 bits per heavy atom. The van der Waals surface area contributed by atoms with Crippen molar-refractivity contribution in [1.29, 1.82) is 0 Å². The number of nitrogens with one attached hydrogen (secondary N) is 2. The van der Waals surface area contributed by atoms with E-state index in [1.54, 1.807) is 19.2 Å². The van der Waals surface area contributed by atoms with Crippen LogP contribution in [0.25, 0.3) is 0 Å². The molecule has 136 valence electrons. The Morgan fingerprint density at radius 2 is 1.69 bits per heavy atom. The molecule has 1 heterocycles. The number of likely N-dealkylation sites (tertiary alicyclic amines) is 1. The van der Waals surface area contributed by atoms with Crippen molar-refractivity contribution in [3.63, 3.8) is 0 Å². The molecule has 0 aromatic heterocycles. The molecule has 0 unspecified atom stereocenters. The minimum atomic E-state index is -0.464. The van der Waals surface area contributed by atoms with E-state index < -0.39 is 6.04 Å². The summed E-state index contributed by atoms with van der Waals surface area (Å²) in [4.78, 5) is 27.0. The number of carbonyl (C=O) groups is 2. The van der Waals surface area contributed by atoms with Crippen LogP contribution in [0.4, 0.5) is 5.69 Å². The Hall–Kier alpha value is -2.82. The first kappa shape index (κ1) is 18.0. The molecule has 0 aliphatic carbocycles. The maximum Gasteiger partial charge on any atom is 0.251 e. The van der Waals surface area contributed by atoms with Crippen LogP contribution in [0.2, 0.25) is 0 Å². The van der Waals surface area contributed by atoms with Gasteiger partial charge in [0.05, 0.1) is 0 Å². The number of rotatable bonds is 5. The lowest BCUT2D eigenvalue weighted by Gasteiger charge is -2.31. The fraction of sp³-hybridized carbons (Fsp3) is 0.333. The number of benzene rings is 2. The molecular formula is C21H25N3O2. The summed E-state index contributed by atoms with van der Waals surface area (Å²) in [5, 5.41) is 5.97. The number of nitrogens with zero attached hydrogens (tertiary/aromatic N) is 1. The second-order valence-corrected chi connectivity index (χ2v) is 6.53. The van der Waals surface area contributed by atoms with Crippen molar-refractivity contribution in [2.24, 2.45) is 0 Å². The van der Waals surface area contributed by atoms with Gasteiger partial charge in [-0.3, -0.25) is 9.59 Å². The topological polar surface area (TPSA) is 61.4 Å². The molecule has 0 saturated carbocycles. The Kier molecular flexibility index (Phi) is 5.89. The lowest BCUT2D eigenvalue weighted by atomic mass is 10.0. The molecule has 1 aliphatic rings. The number of piperidine rings is 1. The van der Waals surface area contributed by atoms with Crippen LogP contribution < -0.4 is 10.6 Å². The zero-order chi connectivity index (χ0) is 18.4. The van der Waals surface area contributed by atoms with Crippen LogP contribution in [0.15, 0.2) is 54.6 Å². The maximum absolute atomic E-state index is 13.2. The van der Waals surface area contributed by atoms with Crippen molar-refractivity contribution in [2.45, 2.75) is 25.3 Å². The Labute approximate surface area is 154 Å². The van der Waals surface area contributed by atoms with E-state index in [9.17, 15) is 9.59 Å². The highest BCUT2D eigenvalue weighted by Gasteiger charge is 2.27. The standard InChI is InChI=1S/C21H25N3O2/c1-22-20(25)17-11-8-12-18(15-17)23-19(16-9-4-2-5-10-16)21(26)24-13-6-3-7-14-24/h2,4-5,8-12,15,19,23H,3,6-7,13-14H2,1H3,(H,22,25)/t19-/m1/s1. The predicted molar refractivity (Wildman–Crippen MR) is 103 cm³/mol. The Bertz CT molecular complexity index is 755. The average molecular weight is 351 g/mol. The molecule has 1 saturated heterocycles. The lowest BCUT2D eigenvalue weighted by Crippen LogP contribution is -2.41. The zero-order valence-corrected chi connectivity index (χ0v) is 15.1. The van der Waals surface area contributed by atoms with E-state index in [-0.39, 0.29) is 11.8 Å². The van der Waals surface area contributed by atoms with Gasteiger partial charge in [0, 0.05) is 31.4 Å². The van der Waals surface area contributed by atoms with Gasteiger partial charge in [0.25, 0.3) is 5.91 Å². The molecular weight excluding hydrogens is 326 g/mol. The molecule has 5 heteroatoms. The molecule has 1 aliphatic heterocycles. The number of hydrogen-bond donors (Lipinski definition) is 2. The van der Waals surface area contributed by atoms with Gasteiger partial charge in [0.1, 0.15) is 6.04 Å². The lowest BCUT2D eigenvalue weighted by molar-refractivity contribution is -0.133. The van der Waals surface area contributed by atoms with Crippen LogP contribution in [-0.4, -0.2) is 36.9 Å². The quantitative estimate of drug-likeness (QED) is 0.869. The van der Waals surface area contributed by atoms with Gasteiger partial charge in [-0.1, -0.05) is 36.4 Å². The van der Waals surface area contributed by atoms with Crippen LogP contribution >= 0.6 is 0 Å². The van der Waals surface area contributed by atoms with Crippen LogP contribution in [-0.2, 0) is 4.79 Å². The van der Waals surface area contributed by atoms with Crippen molar-refractivity contribution in [3.05, 3.63) is 65.7 Å². The van der Waals surface area contributed by atoms with Gasteiger partial charge >= 0.3 is 0 Å². The Morgan fingerprint density at radius 1 is 0.962 bits per heavy atom. The third-order valence-electron chi connectivity index (χ3n) is 4.71. The highest BCUT2D eigenvalue weighted by atomic mass is 16.2. The van der Waals surface area contributed by atoms with Gasteiger partial charge in [-0.2, -0.15) is 0 Å². The molecule has 0 bridgehead atoms. The fourth-order valence-corrected chi connectivity index (χ4v) is 3.29. The summed E-state index contributed by atoms with van der Waals surface area (Å²) in [5.74, 6) is -0.0616. The van der Waals surface area contributed by atoms with Gasteiger partial charge in [0.15, 0.2) is 0 Å². The van der Waals surface area contributed by atoms with Crippen molar-refractivity contribution in [1.82, 2.24) is 10.2 Å². The smallest absolute Gasteiger partial charge is 0.251 e. The van der Waals surface area contributed by atoms with Gasteiger partial charge in [-0.05, 0) is 43.0 Å². The van der Waals surface area contributed by atoms with Crippen molar-refractivity contribution in [3.8, 4) is 0 Å². The number of anilines is 1. The molecule has 2 amide bonds. The normalized spacial score (nSPS) is 15.2. The summed E-state index contributed by atoms with van der Waals surface area (Å²) in [5.41, 5.74) is 2.24. The molecule has 1 atom stereocenters. The van der Waals surface area contributed by atoms with Crippen molar-refractivity contribution >= 4 is 17.5 Å². The highest BCUT2D eigenvalue weighted by Crippen LogP contribution is 2.24. The SMILES string of the molecule is CNC(=O)c1cccc(N[C@@H](C(=O)N2CCCCC2)c2ccccc2)c1. The third kappa shape index (κ3) is 4.23. The highest BCUT2D eigenvalue weighted by molar-refractivity contribution is 5.95. The summed E-state index contributed by atoms with van der Waals surface area (Å²) < 4.78 is 0. The molecule has 0 radical (unpaired) electrons. The molecule has 0 spiro atoms. The minimum absolute atomic E-state index is 0.0845. The van der Waals surface area contributed by atoms with E-state index in [4.69, 9.17) is 0 Å². The second kappa shape index (κ2) is 8.52. The van der Waals surface area contributed by atoms with E-state index in [0.717, 1.165) is 37.2 Å². The van der Waals surface area contributed by atoms with Crippen LogP contribution in [0, 0.1) is 0 Å². The van der Waals surface area contributed by atoms with Crippen molar-refractivity contribution < 1.29 is 9.59 Å². The number of carbonyl (C=O) groups excluding carboxylic acids is 2. The molecule has 2 aromatic carbocycles. The third-order valence-corrected chi connectivity index (χ3v) is 4.71. The van der Waals surface area contributed by atoms with Crippen LogP contribution in [0.3, 0.4) is 0 Å². The van der Waals surface area contributed by atoms with E-state index in [1.807, 2.05) is 47.4 Å². The molecule has 2 aromatic rings. The molecule has 2 N–H and O–H groups in total. The summed E-state index contributed by atoms with van der Waals surface area (Å²) in [6, 6.07) is 16.5. The molecule has 26 heavy (non-hydrogen) atoms. The number of hydrogen-bond acceptors (Lipinski definition) is 3. The fourth-order valence-electron chi connectivity index (χ4n) is 3.29. The van der Waals surface area contributed by atoms with Gasteiger partial charge < -0.3 is 15.5 Å². The van der Waals surface area contributed by atoms with Gasteiger partial charge in [0.2, 0.25) is 5.91 Å². The first-order chi connectivity index (χ1) is 12.7. The van der Waals surface area contributed by atoms with Crippen molar-refractivity contribution in [2.75, 3.05) is 25.5 Å². The second-order valence-electron chi connectivity index (χ2n) is 6.53. The maximum atomic E-state index is 13.2. The van der Waals surface area contributed by atoms with Crippen LogP contribution in [0.5, 0.6) is 0 Å².